The molecule has 1 aromatic rings. The van der Waals surface area contributed by atoms with Crippen LogP contribution in [0, 0.1) is 6.33 Å². The molecular formula is C8H10N3S. The van der Waals surface area contributed by atoms with Gasteiger partial charge < -0.3 is 5.32 Å². The summed E-state index contributed by atoms with van der Waals surface area (Å²) in [4.78, 5) is 7.88. The third-order valence-corrected chi connectivity index (χ3v) is 3.06. The maximum absolute atomic E-state index is 4.11. The molecule has 0 aromatic carbocycles. The Hall–Kier alpha value is -0.610. The van der Waals surface area contributed by atoms with Gasteiger partial charge in [0.2, 0.25) is 0 Å². The average molecular weight is 180 g/mol. The molecule has 1 aromatic heterocycles. The first-order valence-corrected chi connectivity index (χ1v) is 5.03. The van der Waals surface area contributed by atoms with E-state index in [4.69, 9.17) is 0 Å². The quantitative estimate of drug-likeness (QED) is 0.688. The van der Waals surface area contributed by atoms with Crippen molar-refractivity contribution >= 4 is 11.8 Å². The lowest BCUT2D eigenvalue weighted by molar-refractivity contribution is 0.678. The van der Waals surface area contributed by atoms with Gasteiger partial charge in [-0.15, -0.1) is 11.8 Å². The smallest absolute Gasteiger partial charge is 0.197 e. The summed E-state index contributed by atoms with van der Waals surface area (Å²) in [7, 11) is 0. The highest BCUT2D eigenvalue weighted by molar-refractivity contribution is 7.99. The molecule has 1 radical (unpaired) electrons. The molecule has 1 atom stereocenters. The van der Waals surface area contributed by atoms with Crippen LogP contribution in [0.1, 0.15) is 10.9 Å². The van der Waals surface area contributed by atoms with Gasteiger partial charge in [-0.3, -0.25) is 0 Å². The number of thioether (sulfide) groups is 1. The van der Waals surface area contributed by atoms with Gasteiger partial charge in [0.15, 0.2) is 6.33 Å². The van der Waals surface area contributed by atoms with Crippen LogP contribution in [0.25, 0.3) is 0 Å². The average Bonchev–Trinajstić information content (AvgIpc) is 2.21. The summed E-state index contributed by atoms with van der Waals surface area (Å²) in [6.07, 6.45) is 4.36. The highest BCUT2D eigenvalue weighted by Crippen LogP contribution is 2.27. The lowest BCUT2D eigenvalue weighted by atomic mass is 10.3. The van der Waals surface area contributed by atoms with E-state index in [1.54, 1.807) is 6.20 Å². The molecule has 2 heterocycles. The van der Waals surface area contributed by atoms with Crippen LogP contribution >= 0.6 is 11.8 Å². The molecule has 0 amide bonds. The van der Waals surface area contributed by atoms with Crippen LogP contribution in [0.15, 0.2) is 12.3 Å². The van der Waals surface area contributed by atoms with Gasteiger partial charge in [0.1, 0.15) is 0 Å². The molecule has 0 saturated carbocycles. The predicted molar refractivity (Wildman–Crippen MR) is 48.9 cm³/mol. The molecule has 63 valence electrons. The van der Waals surface area contributed by atoms with Crippen LogP contribution < -0.4 is 5.32 Å². The summed E-state index contributed by atoms with van der Waals surface area (Å²) in [5, 5.41) is 3.82. The summed E-state index contributed by atoms with van der Waals surface area (Å²) >= 11 is 1.94. The van der Waals surface area contributed by atoms with E-state index in [1.165, 1.54) is 0 Å². The van der Waals surface area contributed by atoms with E-state index in [2.05, 4.69) is 21.6 Å². The largest absolute Gasteiger partial charge is 0.314 e. The fourth-order valence-corrected chi connectivity index (χ4v) is 2.29. The van der Waals surface area contributed by atoms with Crippen molar-refractivity contribution in [2.75, 3.05) is 18.8 Å². The zero-order chi connectivity index (χ0) is 8.23. The van der Waals surface area contributed by atoms with Crippen molar-refractivity contribution in [2.24, 2.45) is 0 Å². The molecule has 0 spiro atoms. The van der Waals surface area contributed by atoms with E-state index < -0.39 is 0 Å². The highest BCUT2D eigenvalue weighted by Gasteiger charge is 2.15. The van der Waals surface area contributed by atoms with E-state index in [-0.39, 0.29) is 0 Å². The Morgan fingerprint density at radius 1 is 1.67 bits per heavy atom. The minimum absolute atomic E-state index is 0.484. The predicted octanol–water partition coefficient (Wildman–Crippen LogP) is 0.654. The Morgan fingerprint density at radius 3 is 3.33 bits per heavy atom. The van der Waals surface area contributed by atoms with E-state index in [9.17, 15) is 0 Å². The van der Waals surface area contributed by atoms with Crippen LogP contribution in [0.2, 0.25) is 0 Å². The third-order valence-electron chi connectivity index (χ3n) is 1.81. The van der Waals surface area contributed by atoms with Crippen molar-refractivity contribution in [3.8, 4) is 0 Å². The Kier molecular flexibility index (Phi) is 2.58. The highest BCUT2D eigenvalue weighted by atomic mass is 32.2. The Balaban J connectivity index is 2.08. The maximum atomic E-state index is 4.11. The lowest BCUT2D eigenvalue weighted by Gasteiger charge is -2.21. The monoisotopic (exact) mass is 180 g/mol. The first-order chi connectivity index (χ1) is 5.97. The van der Waals surface area contributed by atoms with Gasteiger partial charge in [0.25, 0.3) is 0 Å². The van der Waals surface area contributed by atoms with E-state index in [1.807, 2.05) is 17.8 Å². The molecule has 4 heteroatoms. The van der Waals surface area contributed by atoms with Gasteiger partial charge in [0, 0.05) is 25.0 Å². The van der Waals surface area contributed by atoms with E-state index in [0.717, 1.165) is 24.5 Å². The first kappa shape index (κ1) is 8.01. The Bertz CT molecular complexity index is 233. The van der Waals surface area contributed by atoms with Gasteiger partial charge in [-0.25, -0.2) is 9.97 Å². The van der Waals surface area contributed by atoms with Crippen LogP contribution in [0.3, 0.4) is 0 Å². The number of hydrogen-bond donors (Lipinski definition) is 1. The summed E-state index contributed by atoms with van der Waals surface area (Å²) in [6.45, 7) is 2.12. The summed E-state index contributed by atoms with van der Waals surface area (Å²) in [5.74, 6) is 1.16. The molecule has 1 N–H and O–H groups in total. The number of nitrogens with one attached hydrogen (secondary N) is 1. The minimum Gasteiger partial charge on any atom is -0.314 e. The molecule has 3 nitrogen and oxygen atoms in total. The van der Waals surface area contributed by atoms with Crippen molar-refractivity contribution in [3.63, 3.8) is 0 Å². The summed E-state index contributed by atoms with van der Waals surface area (Å²) < 4.78 is 0. The zero-order valence-electron chi connectivity index (χ0n) is 6.66. The van der Waals surface area contributed by atoms with Crippen LogP contribution in [0.5, 0.6) is 0 Å². The van der Waals surface area contributed by atoms with Gasteiger partial charge in [-0.2, -0.15) is 0 Å². The number of rotatable bonds is 1. The fourth-order valence-electron chi connectivity index (χ4n) is 1.21. The normalized spacial score (nSPS) is 23.8. The molecule has 1 aliphatic rings. The van der Waals surface area contributed by atoms with E-state index >= 15 is 0 Å². The molecule has 1 saturated heterocycles. The molecule has 1 fully saturated rings. The number of aromatic nitrogens is 2. The van der Waals surface area contributed by atoms with Crippen LogP contribution in [-0.2, 0) is 0 Å². The fraction of sp³-hybridized carbons (Fsp3) is 0.500. The second-order valence-corrected chi connectivity index (χ2v) is 3.96. The van der Waals surface area contributed by atoms with Gasteiger partial charge in [-0.05, 0) is 6.07 Å². The molecular weight excluding hydrogens is 170 g/mol. The van der Waals surface area contributed by atoms with Crippen molar-refractivity contribution in [1.82, 2.24) is 15.3 Å². The molecule has 0 bridgehead atoms. The van der Waals surface area contributed by atoms with Crippen molar-refractivity contribution in [3.05, 3.63) is 24.3 Å². The van der Waals surface area contributed by atoms with E-state index in [0.29, 0.717) is 5.25 Å². The SMILES string of the molecule is [c]1nccc(C2CNCCS2)n1. The van der Waals surface area contributed by atoms with Crippen LogP contribution in [0.4, 0.5) is 0 Å². The second-order valence-electron chi connectivity index (χ2n) is 2.65. The second kappa shape index (κ2) is 3.87. The molecule has 0 aliphatic carbocycles. The van der Waals surface area contributed by atoms with Crippen molar-refractivity contribution in [1.29, 1.82) is 0 Å². The molecule has 1 unspecified atom stereocenters. The zero-order valence-corrected chi connectivity index (χ0v) is 7.47. The summed E-state index contributed by atoms with van der Waals surface area (Å²) in [5.41, 5.74) is 1.09. The standard InChI is InChI=1S/C8H10N3S/c1-2-10-6-11-7(1)8-5-9-3-4-12-8/h1-2,8-9H,3-5H2. The molecule has 1 aliphatic heterocycles. The Labute approximate surface area is 76.0 Å². The third kappa shape index (κ3) is 1.76. The van der Waals surface area contributed by atoms with Crippen LogP contribution in [-0.4, -0.2) is 28.8 Å². The summed E-state index contributed by atoms with van der Waals surface area (Å²) in [6, 6.07) is 1.96. The number of hydrogen-bond acceptors (Lipinski definition) is 4. The Morgan fingerprint density at radius 2 is 2.67 bits per heavy atom. The minimum atomic E-state index is 0.484. The first-order valence-electron chi connectivity index (χ1n) is 3.98. The topological polar surface area (TPSA) is 37.8 Å². The van der Waals surface area contributed by atoms with Gasteiger partial charge in [0.05, 0.1) is 10.9 Å². The lowest BCUT2D eigenvalue weighted by Crippen LogP contribution is -2.28. The van der Waals surface area contributed by atoms with Gasteiger partial charge >= 0.3 is 0 Å². The van der Waals surface area contributed by atoms with Crippen molar-refractivity contribution < 1.29 is 0 Å². The maximum Gasteiger partial charge on any atom is 0.197 e. The molecule has 12 heavy (non-hydrogen) atoms. The number of nitrogens with zero attached hydrogens (tertiary/aromatic N) is 2. The van der Waals surface area contributed by atoms with Crippen molar-refractivity contribution in [2.45, 2.75) is 5.25 Å². The van der Waals surface area contributed by atoms with Gasteiger partial charge in [-0.1, -0.05) is 0 Å². The molecule has 2 rings (SSSR count).